The summed E-state index contributed by atoms with van der Waals surface area (Å²) >= 11 is 0. The van der Waals surface area contributed by atoms with Crippen LogP contribution in [0.15, 0.2) is 18.2 Å². The topological polar surface area (TPSA) is 43.1 Å². The number of carbonyl (C=O) groups excluding carboxylic acids is 1. The third-order valence-electron chi connectivity index (χ3n) is 3.26. The molecule has 2 nitrogen and oxygen atoms in total. The van der Waals surface area contributed by atoms with Crippen molar-refractivity contribution < 1.29 is 9.18 Å². The molecule has 2 rings (SSSR count). The van der Waals surface area contributed by atoms with Gasteiger partial charge in [-0.1, -0.05) is 19.3 Å². The van der Waals surface area contributed by atoms with Gasteiger partial charge in [-0.15, -0.1) is 0 Å². The van der Waals surface area contributed by atoms with Crippen LogP contribution in [0.5, 0.6) is 0 Å². The SMILES string of the molecule is Nc1cc(C(=O)C2CCCCC2)ccc1F. The zero-order valence-corrected chi connectivity index (χ0v) is 9.21. The lowest BCUT2D eigenvalue weighted by atomic mass is 9.84. The Balaban J connectivity index is 2.16. The van der Waals surface area contributed by atoms with Gasteiger partial charge >= 0.3 is 0 Å². The number of hydrogen-bond acceptors (Lipinski definition) is 2. The second-order valence-corrected chi connectivity index (χ2v) is 4.44. The third-order valence-corrected chi connectivity index (χ3v) is 3.26. The minimum absolute atomic E-state index is 0.0571. The Morgan fingerprint density at radius 3 is 2.56 bits per heavy atom. The first kappa shape index (κ1) is 11.1. The maximum Gasteiger partial charge on any atom is 0.166 e. The predicted molar refractivity (Wildman–Crippen MR) is 61.7 cm³/mol. The highest BCUT2D eigenvalue weighted by molar-refractivity contribution is 5.98. The smallest absolute Gasteiger partial charge is 0.166 e. The van der Waals surface area contributed by atoms with Crippen LogP contribution in [0.2, 0.25) is 0 Å². The van der Waals surface area contributed by atoms with E-state index in [1.807, 2.05) is 0 Å². The van der Waals surface area contributed by atoms with E-state index in [9.17, 15) is 9.18 Å². The molecule has 0 atom stereocenters. The zero-order chi connectivity index (χ0) is 11.5. The molecule has 0 amide bonds. The molecular weight excluding hydrogens is 205 g/mol. The number of hydrogen-bond donors (Lipinski definition) is 1. The number of nitrogen functional groups attached to an aromatic ring is 1. The van der Waals surface area contributed by atoms with Crippen molar-refractivity contribution in [3.63, 3.8) is 0 Å². The maximum atomic E-state index is 13.0. The number of ketones is 1. The molecule has 1 aromatic rings. The Kier molecular flexibility index (Phi) is 3.22. The minimum atomic E-state index is -0.458. The van der Waals surface area contributed by atoms with Crippen molar-refractivity contribution in [2.45, 2.75) is 32.1 Å². The van der Waals surface area contributed by atoms with E-state index in [0.29, 0.717) is 5.56 Å². The quantitative estimate of drug-likeness (QED) is 0.615. The Morgan fingerprint density at radius 1 is 1.25 bits per heavy atom. The summed E-state index contributed by atoms with van der Waals surface area (Å²) in [5, 5.41) is 0. The summed E-state index contributed by atoms with van der Waals surface area (Å²) in [6.07, 6.45) is 5.36. The van der Waals surface area contributed by atoms with E-state index in [0.717, 1.165) is 25.7 Å². The number of carbonyl (C=O) groups is 1. The number of benzene rings is 1. The van der Waals surface area contributed by atoms with Crippen molar-refractivity contribution in [3.8, 4) is 0 Å². The summed E-state index contributed by atoms with van der Waals surface area (Å²) in [5.74, 6) is -0.231. The summed E-state index contributed by atoms with van der Waals surface area (Å²) in [6.45, 7) is 0. The summed E-state index contributed by atoms with van der Waals surface area (Å²) in [4.78, 5) is 12.1. The van der Waals surface area contributed by atoms with Crippen LogP contribution in [0.3, 0.4) is 0 Å². The maximum absolute atomic E-state index is 13.0. The number of rotatable bonds is 2. The molecule has 86 valence electrons. The second-order valence-electron chi connectivity index (χ2n) is 4.44. The van der Waals surface area contributed by atoms with Crippen LogP contribution in [0.4, 0.5) is 10.1 Å². The van der Waals surface area contributed by atoms with Crippen molar-refractivity contribution >= 4 is 11.5 Å². The molecule has 1 fully saturated rings. The van der Waals surface area contributed by atoms with Crippen LogP contribution in [0.25, 0.3) is 0 Å². The van der Waals surface area contributed by atoms with Crippen molar-refractivity contribution in [1.29, 1.82) is 0 Å². The monoisotopic (exact) mass is 221 g/mol. The van der Waals surface area contributed by atoms with E-state index >= 15 is 0 Å². The lowest BCUT2D eigenvalue weighted by molar-refractivity contribution is 0.0889. The third kappa shape index (κ3) is 2.23. The van der Waals surface area contributed by atoms with Gasteiger partial charge in [0.15, 0.2) is 5.78 Å². The van der Waals surface area contributed by atoms with Gasteiger partial charge in [-0.2, -0.15) is 0 Å². The van der Waals surface area contributed by atoms with E-state index in [1.165, 1.54) is 24.6 Å². The molecule has 0 aromatic heterocycles. The van der Waals surface area contributed by atoms with E-state index in [2.05, 4.69) is 0 Å². The van der Waals surface area contributed by atoms with Crippen LogP contribution in [-0.4, -0.2) is 5.78 Å². The highest BCUT2D eigenvalue weighted by atomic mass is 19.1. The molecule has 1 aliphatic rings. The number of nitrogens with two attached hydrogens (primary N) is 1. The average Bonchev–Trinajstić information content (AvgIpc) is 2.33. The van der Waals surface area contributed by atoms with Gasteiger partial charge in [-0.25, -0.2) is 4.39 Å². The summed E-state index contributed by atoms with van der Waals surface area (Å²) in [7, 11) is 0. The molecule has 0 radical (unpaired) electrons. The van der Waals surface area contributed by atoms with Crippen LogP contribution in [0, 0.1) is 11.7 Å². The number of halogens is 1. The fourth-order valence-electron chi connectivity index (χ4n) is 2.30. The molecule has 0 unspecified atom stereocenters. The Morgan fingerprint density at radius 2 is 1.94 bits per heavy atom. The van der Waals surface area contributed by atoms with Crippen LogP contribution in [0.1, 0.15) is 42.5 Å². The molecule has 1 saturated carbocycles. The van der Waals surface area contributed by atoms with Gasteiger partial charge in [0.1, 0.15) is 5.82 Å². The lowest BCUT2D eigenvalue weighted by Crippen LogP contribution is -2.18. The molecule has 0 spiro atoms. The molecule has 3 heteroatoms. The van der Waals surface area contributed by atoms with Crippen molar-refractivity contribution in [2.24, 2.45) is 5.92 Å². The molecule has 1 aliphatic carbocycles. The number of Topliss-reactive ketones (excluding diaryl/α,β-unsaturated/α-hetero) is 1. The molecular formula is C13H16FNO. The Hall–Kier alpha value is -1.38. The van der Waals surface area contributed by atoms with Gasteiger partial charge in [0, 0.05) is 11.5 Å². The molecule has 2 N–H and O–H groups in total. The predicted octanol–water partition coefficient (Wildman–Crippen LogP) is 3.17. The van der Waals surface area contributed by atoms with Gasteiger partial charge in [0.05, 0.1) is 5.69 Å². The molecule has 0 heterocycles. The molecule has 0 bridgehead atoms. The van der Waals surface area contributed by atoms with Gasteiger partial charge in [0.2, 0.25) is 0 Å². The fraction of sp³-hybridized carbons (Fsp3) is 0.462. The van der Waals surface area contributed by atoms with Crippen LogP contribution < -0.4 is 5.73 Å². The summed E-state index contributed by atoms with van der Waals surface area (Å²) in [5.41, 5.74) is 6.06. The molecule has 0 saturated heterocycles. The van der Waals surface area contributed by atoms with E-state index in [-0.39, 0.29) is 17.4 Å². The van der Waals surface area contributed by atoms with Crippen LogP contribution >= 0.6 is 0 Å². The largest absolute Gasteiger partial charge is 0.396 e. The highest BCUT2D eigenvalue weighted by Gasteiger charge is 2.22. The average molecular weight is 221 g/mol. The van der Waals surface area contributed by atoms with E-state index in [4.69, 9.17) is 5.73 Å². The van der Waals surface area contributed by atoms with Gasteiger partial charge in [-0.3, -0.25) is 4.79 Å². The molecule has 1 aromatic carbocycles. The lowest BCUT2D eigenvalue weighted by Gasteiger charge is -2.20. The normalized spacial score (nSPS) is 17.3. The van der Waals surface area contributed by atoms with E-state index < -0.39 is 5.82 Å². The Bertz CT molecular complexity index is 397. The molecule has 0 aliphatic heterocycles. The first-order valence-electron chi connectivity index (χ1n) is 5.77. The second kappa shape index (κ2) is 4.64. The summed E-state index contributed by atoms with van der Waals surface area (Å²) < 4.78 is 13.0. The van der Waals surface area contributed by atoms with Crippen LogP contribution in [-0.2, 0) is 0 Å². The van der Waals surface area contributed by atoms with Crippen molar-refractivity contribution in [3.05, 3.63) is 29.6 Å². The van der Waals surface area contributed by atoms with Gasteiger partial charge < -0.3 is 5.73 Å². The zero-order valence-electron chi connectivity index (χ0n) is 9.21. The van der Waals surface area contributed by atoms with Crippen molar-refractivity contribution in [2.75, 3.05) is 5.73 Å². The number of anilines is 1. The summed E-state index contributed by atoms with van der Waals surface area (Å²) in [6, 6.07) is 4.25. The van der Waals surface area contributed by atoms with E-state index in [1.54, 1.807) is 0 Å². The van der Waals surface area contributed by atoms with Gasteiger partial charge in [-0.05, 0) is 31.0 Å². The minimum Gasteiger partial charge on any atom is -0.396 e. The first-order chi connectivity index (χ1) is 7.68. The first-order valence-corrected chi connectivity index (χ1v) is 5.77. The van der Waals surface area contributed by atoms with Crippen molar-refractivity contribution in [1.82, 2.24) is 0 Å². The molecule has 16 heavy (non-hydrogen) atoms. The Labute approximate surface area is 94.6 Å². The van der Waals surface area contributed by atoms with Gasteiger partial charge in [0.25, 0.3) is 0 Å². The standard InChI is InChI=1S/C13H16FNO/c14-11-7-6-10(8-12(11)15)13(16)9-4-2-1-3-5-9/h6-9H,1-5,15H2. The fourth-order valence-corrected chi connectivity index (χ4v) is 2.30. The highest BCUT2D eigenvalue weighted by Crippen LogP contribution is 2.27.